The van der Waals surface area contributed by atoms with E-state index in [1.165, 1.54) is 11.6 Å². The fourth-order valence-electron chi connectivity index (χ4n) is 2.20. The molecule has 0 fully saturated rings. The average molecular weight is 273 g/mol. The van der Waals surface area contributed by atoms with Crippen molar-refractivity contribution in [2.75, 3.05) is 7.11 Å². The third kappa shape index (κ3) is 3.58. The number of nitrogens with one attached hydrogen (secondary N) is 1. The van der Waals surface area contributed by atoms with Crippen LogP contribution in [-0.4, -0.2) is 7.11 Å². The summed E-state index contributed by atoms with van der Waals surface area (Å²) in [6.07, 6.45) is 0. The monoisotopic (exact) mass is 273 g/mol. The van der Waals surface area contributed by atoms with Gasteiger partial charge in [0, 0.05) is 18.2 Å². The molecule has 0 heterocycles. The molecule has 2 aromatic rings. The highest BCUT2D eigenvalue weighted by atomic mass is 19.1. The van der Waals surface area contributed by atoms with Crippen LogP contribution in [0.1, 0.15) is 29.7 Å². The van der Waals surface area contributed by atoms with E-state index in [1.807, 2.05) is 19.1 Å². The van der Waals surface area contributed by atoms with Gasteiger partial charge in [0.1, 0.15) is 11.6 Å². The van der Waals surface area contributed by atoms with E-state index in [2.05, 4.69) is 24.4 Å². The van der Waals surface area contributed by atoms with Crippen LogP contribution in [0, 0.1) is 12.7 Å². The zero-order chi connectivity index (χ0) is 14.5. The van der Waals surface area contributed by atoms with Crippen molar-refractivity contribution in [3.63, 3.8) is 0 Å². The van der Waals surface area contributed by atoms with E-state index in [9.17, 15) is 4.39 Å². The molecule has 1 atom stereocenters. The lowest BCUT2D eigenvalue weighted by Gasteiger charge is -2.18. The number of ether oxygens (including phenoxy) is 1. The summed E-state index contributed by atoms with van der Waals surface area (Å²) < 4.78 is 18.5. The SMILES string of the molecule is COc1cc(C)ccc1C(C)NCc1cccc(F)c1. The maximum absolute atomic E-state index is 13.1. The molecule has 0 radical (unpaired) electrons. The highest BCUT2D eigenvalue weighted by Crippen LogP contribution is 2.26. The Morgan fingerprint density at radius 3 is 2.70 bits per heavy atom. The van der Waals surface area contributed by atoms with Crippen LogP contribution in [0.15, 0.2) is 42.5 Å². The molecule has 1 unspecified atom stereocenters. The van der Waals surface area contributed by atoms with Gasteiger partial charge < -0.3 is 10.1 Å². The van der Waals surface area contributed by atoms with Gasteiger partial charge >= 0.3 is 0 Å². The van der Waals surface area contributed by atoms with Crippen LogP contribution in [-0.2, 0) is 6.54 Å². The third-order valence-corrected chi connectivity index (χ3v) is 3.36. The Morgan fingerprint density at radius 1 is 1.20 bits per heavy atom. The number of halogens is 1. The first kappa shape index (κ1) is 14.5. The first-order chi connectivity index (χ1) is 9.60. The molecule has 106 valence electrons. The number of hydrogen-bond acceptors (Lipinski definition) is 2. The molecule has 2 nitrogen and oxygen atoms in total. The normalized spacial score (nSPS) is 12.2. The topological polar surface area (TPSA) is 21.3 Å². The predicted octanol–water partition coefficient (Wildman–Crippen LogP) is 3.99. The average Bonchev–Trinajstić information content (AvgIpc) is 2.44. The molecule has 0 aliphatic rings. The zero-order valence-electron chi connectivity index (χ0n) is 12.1. The summed E-state index contributed by atoms with van der Waals surface area (Å²) in [6.45, 7) is 4.74. The Hall–Kier alpha value is -1.87. The molecular weight excluding hydrogens is 253 g/mol. The van der Waals surface area contributed by atoms with Crippen LogP contribution >= 0.6 is 0 Å². The number of hydrogen-bond donors (Lipinski definition) is 1. The van der Waals surface area contributed by atoms with Gasteiger partial charge in [0.15, 0.2) is 0 Å². The molecular formula is C17H20FNO. The Kier molecular flexibility index (Phi) is 4.74. The van der Waals surface area contributed by atoms with Crippen LogP contribution in [0.4, 0.5) is 4.39 Å². The van der Waals surface area contributed by atoms with Crippen molar-refractivity contribution >= 4 is 0 Å². The second-order valence-corrected chi connectivity index (χ2v) is 4.98. The van der Waals surface area contributed by atoms with Crippen LogP contribution in [0.25, 0.3) is 0 Å². The highest BCUT2D eigenvalue weighted by molar-refractivity contribution is 5.39. The van der Waals surface area contributed by atoms with E-state index < -0.39 is 0 Å². The van der Waals surface area contributed by atoms with E-state index in [-0.39, 0.29) is 11.9 Å². The highest BCUT2D eigenvalue weighted by Gasteiger charge is 2.11. The lowest BCUT2D eigenvalue weighted by atomic mass is 10.0. The van der Waals surface area contributed by atoms with E-state index in [0.29, 0.717) is 6.54 Å². The number of rotatable bonds is 5. The first-order valence-electron chi connectivity index (χ1n) is 6.72. The number of methoxy groups -OCH3 is 1. The van der Waals surface area contributed by atoms with Gasteiger partial charge in [0.25, 0.3) is 0 Å². The van der Waals surface area contributed by atoms with E-state index in [1.54, 1.807) is 19.2 Å². The minimum atomic E-state index is -0.204. The molecule has 0 amide bonds. The molecule has 1 N–H and O–H groups in total. The largest absolute Gasteiger partial charge is 0.496 e. The summed E-state index contributed by atoms with van der Waals surface area (Å²) in [4.78, 5) is 0. The quantitative estimate of drug-likeness (QED) is 0.889. The van der Waals surface area contributed by atoms with Crippen LogP contribution in [0.2, 0.25) is 0 Å². The van der Waals surface area contributed by atoms with Crippen molar-refractivity contribution in [1.82, 2.24) is 5.32 Å². The van der Waals surface area contributed by atoms with Crippen molar-refractivity contribution in [3.05, 3.63) is 65.0 Å². The maximum Gasteiger partial charge on any atom is 0.123 e. The molecule has 2 aromatic carbocycles. The third-order valence-electron chi connectivity index (χ3n) is 3.36. The molecule has 2 rings (SSSR count). The Labute approximate surface area is 119 Å². The van der Waals surface area contributed by atoms with E-state index in [4.69, 9.17) is 4.74 Å². The first-order valence-corrected chi connectivity index (χ1v) is 6.72. The van der Waals surface area contributed by atoms with Crippen LogP contribution in [0.5, 0.6) is 5.75 Å². The predicted molar refractivity (Wildman–Crippen MR) is 79.4 cm³/mol. The Morgan fingerprint density at radius 2 is 2.00 bits per heavy atom. The van der Waals surface area contributed by atoms with Gasteiger partial charge in [0.2, 0.25) is 0 Å². The van der Waals surface area contributed by atoms with Gasteiger partial charge in [0.05, 0.1) is 7.11 Å². The summed E-state index contributed by atoms with van der Waals surface area (Å²) in [5, 5.41) is 3.39. The van der Waals surface area contributed by atoms with E-state index in [0.717, 1.165) is 16.9 Å². The number of aryl methyl sites for hydroxylation is 1. The molecule has 0 aliphatic heterocycles. The van der Waals surface area contributed by atoms with Crippen molar-refractivity contribution in [2.45, 2.75) is 26.4 Å². The minimum absolute atomic E-state index is 0.133. The van der Waals surface area contributed by atoms with Gasteiger partial charge in [-0.05, 0) is 43.2 Å². The van der Waals surface area contributed by atoms with Crippen molar-refractivity contribution < 1.29 is 9.13 Å². The fourth-order valence-corrected chi connectivity index (χ4v) is 2.20. The lowest BCUT2D eigenvalue weighted by Crippen LogP contribution is -2.18. The lowest BCUT2D eigenvalue weighted by molar-refractivity contribution is 0.401. The van der Waals surface area contributed by atoms with Gasteiger partial charge in [-0.2, -0.15) is 0 Å². The van der Waals surface area contributed by atoms with Crippen molar-refractivity contribution in [1.29, 1.82) is 0 Å². The molecule has 0 aliphatic carbocycles. The molecule has 0 saturated heterocycles. The molecule has 0 spiro atoms. The second-order valence-electron chi connectivity index (χ2n) is 4.98. The minimum Gasteiger partial charge on any atom is -0.496 e. The standard InChI is InChI=1S/C17H20FNO/c1-12-7-8-16(17(9-12)20-3)13(2)19-11-14-5-4-6-15(18)10-14/h4-10,13,19H,11H2,1-3H3. The van der Waals surface area contributed by atoms with Gasteiger partial charge in [-0.25, -0.2) is 4.39 Å². The van der Waals surface area contributed by atoms with Crippen molar-refractivity contribution in [2.24, 2.45) is 0 Å². The van der Waals surface area contributed by atoms with Crippen LogP contribution in [0.3, 0.4) is 0 Å². The van der Waals surface area contributed by atoms with Crippen LogP contribution < -0.4 is 10.1 Å². The molecule has 3 heteroatoms. The summed E-state index contributed by atoms with van der Waals surface area (Å²) in [7, 11) is 1.68. The summed E-state index contributed by atoms with van der Waals surface area (Å²) in [5.74, 6) is 0.675. The van der Waals surface area contributed by atoms with Gasteiger partial charge in [-0.15, -0.1) is 0 Å². The second kappa shape index (κ2) is 6.53. The fraction of sp³-hybridized carbons (Fsp3) is 0.294. The van der Waals surface area contributed by atoms with Crippen molar-refractivity contribution in [3.8, 4) is 5.75 Å². The Bertz CT molecular complexity index is 583. The molecule has 20 heavy (non-hydrogen) atoms. The molecule has 0 saturated carbocycles. The van der Waals surface area contributed by atoms with E-state index >= 15 is 0 Å². The number of benzene rings is 2. The Balaban J connectivity index is 2.07. The zero-order valence-corrected chi connectivity index (χ0v) is 12.1. The summed E-state index contributed by atoms with van der Waals surface area (Å²) in [6, 6.07) is 12.9. The smallest absolute Gasteiger partial charge is 0.123 e. The molecule has 0 aromatic heterocycles. The summed E-state index contributed by atoms with van der Waals surface area (Å²) in [5.41, 5.74) is 3.21. The maximum atomic E-state index is 13.1. The van der Waals surface area contributed by atoms with Gasteiger partial charge in [-0.3, -0.25) is 0 Å². The molecule has 0 bridgehead atoms. The summed E-state index contributed by atoms with van der Waals surface area (Å²) >= 11 is 0. The van der Waals surface area contributed by atoms with Gasteiger partial charge in [-0.1, -0.05) is 24.3 Å².